The number of carbonyl (C=O) groups is 2. The molecule has 0 aliphatic rings. The monoisotopic (exact) mass is 340 g/mol. The van der Waals surface area contributed by atoms with Crippen LogP contribution in [0.5, 0.6) is 0 Å². The van der Waals surface area contributed by atoms with E-state index in [1.54, 1.807) is 6.92 Å². The van der Waals surface area contributed by atoms with E-state index < -0.39 is 11.9 Å². The summed E-state index contributed by atoms with van der Waals surface area (Å²) in [6, 6.07) is 0. The lowest BCUT2D eigenvalue weighted by Gasteiger charge is -2.03. The fourth-order valence-corrected chi connectivity index (χ4v) is 2.58. The van der Waals surface area contributed by atoms with Crippen molar-refractivity contribution in [2.45, 2.75) is 104 Å². The van der Waals surface area contributed by atoms with Gasteiger partial charge in [-0.1, -0.05) is 90.0 Å². The fraction of sp³-hybridized carbons (Fsp3) is 0.800. The van der Waals surface area contributed by atoms with Crippen LogP contribution in [0.3, 0.4) is 0 Å². The molecule has 0 N–H and O–H groups in total. The molecule has 24 heavy (non-hydrogen) atoms. The Morgan fingerprint density at radius 2 is 1.17 bits per heavy atom. The van der Waals surface area contributed by atoms with Gasteiger partial charge in [-0.2, -0.15) is 0 Å². The molecule has 0 saturated carbocycles. The third-order valence-corrected chi connectivity index (χ3v) is 4.00. The number of hydrogen-bond acceptors (Lipinski definition) is 4. The Morgan fingerprint density at radius 3 is 1.62 bits per heavy atom. The highest BCUT2D eigenvalue weighted by Gasteiger charge is 2.06. The largest absolute Gasteiger partial charge is 0.378 e. The van der Waals surface area contributed by atoms with Crippen LogP contribution in [0.15, 0.2) is 12.2 Å². The smallest absolute Gasteiger partial charge is 0.247 e. The molecule has 140 valence electrons. The van der Waals surface area contributed by atoms with E-state index in [-0.39, 0.29) is 0 Å². The second-order valence-electron chi connectivity index (χ2n) is 6.35. The molecule has 0 amide bonds. The van der Waals surface area contributed by atoms with Crippen LogP contribution in [0.2, 0.25) is 0 Å². The van der Waals surface area contributed by atoms with Crippen molar-refractivity contribution < 1.29 is 19.4 Å². The van der Waals surface area contributed by atoms with Gasteiger partial charge in [-0.05, 0) is 13.3 Å². The standard InChI is InChI=1S/C20H36O4/c1-3-5-6-7-8-9-10-11-12-13-14-15-16-18-20(22)24-23-19(21)17-4-2/h4,17H,3,5-16,18H2,1-2H3/b17-4+. The van der Waals surface area contributed by atoms with Gasteiger partial charge >= 0.3 is 11.9 Å². The lowest BCUT2D eigenvalue weighted by Crippen LogP contribution is -2.09. The highest BCUT2D eigenvalue weighted by molar-refractivity contribution is 5.82. The average molecular weight is 341 g/mol. The summed E-state index contributed by atoms with van der Waals surface area (Å²) in [5, 5.41) is 0. The zero-order chi connectivity index (χ0) is 17.9. The second-order valence-corrected chi connectivity index (χ2v) is 6.35. The summed E-state index contributed by atoms with van der Waals surface area (Å²) in [5.41, 5.74) is 0. The van der Waals surface area contributed by atoms with Crippen molar-refractivity contribution in [2.24, 2.45) is 0 Å². The Bertz CT molecular complexity index is 337. The van der Waals surface area contributed by atoms with Gasteiger partial charge in [0, 0.05) is 6.08 Å². The van der Waals surface area contributed by atoms with Crippen LogP contribution in [0.1, 0.15) is 104 Å². The molecule has 0 aliphatic carbocycles. The molecule has 0 heterocycles. The Kier molecular flexibility index (Phi) is 17.0. The summed E-state index contributed by atoms with van der Waals surface area (Å²) in [7, 11) is 0. The van der Waals surface area contributed by atoms with Crippen LogP contribution >= 0.6 is 0 Å². The van der Waals surface area contributed by atoms with Gasteiger partial charge in [0.2, 0.25) is 0 Å². The Morgan fingerprint density at radius 1 is 0.708 bits per heavy atom. The summed E-state index contributed by atoms with van der Waals surface area (Å²) < 4.78 is 0. The zero-order valence-corrected chi connectivity index (χ0v) is 15.7. The average Bonchev–Trinajstić information content (AvgIpc) is 2.57. The molecule has 0 aromatic rings. The molecule has 4 nitrogen and oxygen atoms in total. The van der Waals surface area contributed by atoms with E-state index in [9.17, 15) is 9.59 Å². The molecular formula is C20H36O4. The molecule has 0 unspecified atom stereocenters. The minimum Gasteiger partial charge on any atom is -0.247 e. The molecule has 0 atom stereocenters. The molecule has 0 aliphatic heterocycles. The van der Waals surface area contributed by atoms with Crippen LogP contribution in [-0.4, -0.2) is 11.9 Å². The molecule has 0 radical (unpaired) electrons. The summed E-state index contributed by atoms with van der Waals surface area (Å²) in [5.74, 6) is -1.13. The van der Waals surface area contributed by atoms with Gasteiger partial charge in [-0.25, -0.2) is 19.4 Å². The number of unbranched alkanes of at least 4 members (excludes halogenated alkanes) is 12. The first kappa shape index (κ1) is 22.7. The molecular weight excluding hydrogens is 304 g/mol. The summed E-state index contributed by atoms with van der Waals surface area (Å²) in [6.07, 6.45) is 19.5. The maximum atomic E-state index is 11.3. The molecule has 0 aromatic heterocycles. The normalized spacial score (nSPS) is 10.9. The van der Waals surface area contributed by atoms with Crippen molar-refractivity contribution in [3.05, 3.63) is 12.2 Å². The Hall–Kier alpha value is -1.32. The van der Waals surface area contributed by atoms with E-state index in [0.717, 1.165) is 19.3 Å². The summed E-state index contributed by atoms with van der Waals surface area (Å²) >= 11 is 0. The number of rotatable bonds is 15. The van der Waals surface area contributed by atoms with Crippen molar-refractivity contribution in [3.63, 3.8) is 0 Å². The van der Waals surface area contributed by atoms with Gasteiger partial charge in [-0.15, -0.1) is 0 Å². The Labute approximate surface area is 147 Å². The van der Waals surface area contributed by atoms with E-state index in [4.69, 9.17) is 0 Å². The van der Waals surface area contributed by atoms with Crippen molar-refractivity contribution in [1.29, 1.82) is 0 Å². The van der Waals surface area contributed by atoms with Gasteiger partial charge in [0.15, 0.2) is 0 Å². The molecule has 0 bridgehead atoms. The van der Waals surface area contributed by atoms with E-state index in [1.165, 1.54) is 76.4 Å². The quantitative estimate of drug-likeness (QED) is 0.158. The van der Waals surface area contributed by atoms with Crippen molar-refractivity contribution >= 4 is 11.9 Å². The van der Waals surface area contributed by atoms with E-state index >= 15 is 0 Å². The first-order valence-electron chi connectivity index (χ1n) is 9.74. The first-order chi connectivity index (χ1) is 11.7. The lowest BCUT2D eigenvalue weighted by atomic mass is 10.0. The predicted molar refractivity (Wildman–Crippen MR) is 97.3 cm³/mol. The first-order valence-corrected chi connectivity index (χ1v) is 9.74. The van der Waals surface area contributed by atoms with Crippen LogP contribution in [0.4, 0.5) is 0 Å². The third-order valence-electron chi connectivity index (χ3n) is 4.00. The summed E-state index contributed by atoms with van der Waals surface area (Å²) in [4.78, 5) is 31.0. The molecule has 0 rings (SSSR count). The van der Waals surface area contributed by atoms with E-state index in [1.807, 2.05) is 0 Å². The van der Waals surface area contributed by atoms with E-state index in [0.29, 0.717) is 6.42 Å². The number of allylic oxidation sites excluding steroid dienone is 1. The van der Waals surface area contributed by atoms with Gasteiger partial charge in [0.1, 0.15) is 0 Å². The SMILES string of the molecule is C/C=C/C(=O)OOC(=O)CCCCCCCCCCCCCCC. The fourth-order valence-electron chi connectivity index (χ4n) is 2.58. The van der Waals surface area contributed by atoms with Gasteiger partial charge in [0.25, 0.3) is 0 Å². The van der Waals surface area contributed by atoms with Crippen LogP contribution in [0.25, 0.3) is 0 Å². The topological polar surface area (TPSA) is 52.6 Å². The summed E-state index contributed by atoms with van der Waals surface area (Å²) in [6.45, 7) is 3.94. The van der Waals surface area contributed by atoms with Crippen LogP contribution in [-0.2, 0) is 19.4 Å². The van der Waals surface area contributed by atoms with Gasteiger partial charge in [-0.3, -0.25) is 0 Å². The zero-order valence-electron chi connectivity index (χ0n) is 15.7. The maximum absolute atomic E-state index is 11.3. The van der Waals surface area contributed by atoms with Crippen LogP contribution in [0, 0.1) is 0 Å². The van der Waals surface area contributed by atoms with E-state index in [2.05, 4.69) is 16.7 Å². The van der Waals surface area contributed by atoms with Crippen molar-refractivity contribution in [1.82, 2.24) is 0 Å². The van der Waals surface area contributed by atoms with Gasteiger partial charge < -0.3 is 0 Å². The number of carbonyl (C=O) groups excluding carboxylic acids is 2. The second kappa shape index (κ2) is 18.0. The minimum absolute atomic E-state index is 0.306. The minimum atomic E-state index is -0.656. The maximum Gasteiger partial charge on any atom is 0.378 e. The highest BCUT2D eigenvalue weighted by atomic mass is 17.2. The Balaban J connectivity index is 3.22. The van der Waals surface area contributed by atoms with Gasteiger partial charge in [0.05, 0.1) is 6.42 Å². The number of hydrogen-bond donors (Lipinski definition) is 0. The highest BCUT2D eigenvalue weighted by Crippen LogP contribution is 2.13. The molecule has 0 aromatic carbocycles. The molecule has 0 fully saturated rings. The van der Waals surface area contributed by atoms with Crippen molar-refractivity contribution in [2.75, 3.05) is 0 Å². The van der Waals surface area contributed by atoms with Crippen LogP contribution < -0.4 is 0 Å². The third kappa shape index (κ3) is 17.0. The predicted octanol–water partition coefficient (Wildman–Crippen LogP) is 6.05. The molecule has 0 spiro atoms. The lowest BCUT2D eigenvalue weighted by molar-refractivity contribution is -0.255. The molecule has 0 saturated heterocycles. The van der Waals surface area contributed by atoms with Crippen molar-refractivity contribution in [3.8, 4) is 0 Å². The molecule has 4 heteroatoms.